The molecule has 0 unspecified atom stereocenters. The Kier molecular flexibility index (Phi) is 9.03. The zero-order valence-corrected chi connectivity index (χ0v) is 25.5. The van der Waals surface area contributed by atoms with Crippen LogP contribution in [-0.4, -0.2) is 28.5 Å². The third kappa shape index (κ3) is 6.69. The number of carbonyl (C=O) groups is 3. The van der Waals surface area contributed by atoms with E-state index in [-0.39, 0.29) is 11.4 Å². The number of rotatable bonds is 7. The number of nitrogens with zero attached hydrogens (tertiary/aromatic N) is 1. The third-order valence-electron chi connectivity index (χ3n) is 5.73. The van der Waals surface area contributed by atoms with Gasteiger partial charge in [-0.3, -0.25) is 19.3 Å². The van der Waals surface area contributed by atoms with Gasteiger partial charge in [-0.05, 0) is 117 Å². The number of halogens is 3. The number of amides is 3. The van der Waals surface area contributed by atoms with Crippen molar-refractivity contribution < 1.29 is 19.1 Å². The average Bonchev–Trinajstić information content (AvgIpc) is 3.09. The fourth-order valence-electron chi connectivity index (χ4n) is 4.02. The molecule has 0 atom stereocenters. The van der Waals surface area contributed by atoms with E-state index in [2.05, 4.69) is 37.2 Å². The SMILES string of the molecule is Cc1cc(C)c(NC(=O)CN2C(=O)S/C(=C/c3cc(Br)c(OCc4ccc(Cl)cc4)c(Br)c3)C2=O)c(C)c1. The second kappa shape index (κ2) is 12.1. The molecule has 6 nitrogen and oxygen atoms in total. The van der Waals surface area contributed by atoms with E-state index in [4.69, 9.17) is 16.3 Å². The molecule has 1 heterocycles. The van der Waals surface area contributed by atoms with Gasteiger partial charge in [-0.1, -0.05) is 41.4 Å². The highest BCUT2D eigenvalue weighted by molar-refractivity contribution is 9.11. The normalized spacial score (nSPS) is 14.4. The van der Waals surface area contributed by atoms with Gasteiger partial charge in [0.05, 0.1) is 13.9 Å². The first-order chi connectivity index (χ1) is 18.0. The van der Waals surface area contributed by atoms with Crippen molar-refractivity contribution in [3.63, 3.8) is 0 Å². The number of nitrogens with one attached hydrogen (secondary N) is 1. The van der Waals surface area contributed by atoms with E-state index in [0.29, 0.717) is 37.6 Å². The van der Waals surface area contributed by atoms with Crippen LogP contribution in [0.5, 0.6) is 5.75 Å². The summed E-state index contributed by atoms with van der Waals surface area (Å²) in [6.07, 6.45) is 1.62. The van der Waals surface area contributed by atoms with Crippen LogP contribution in [0.1, 0.15) is 27.8 Å². The van der Waals surface area contributed by atoms with Crippen molar-refractivity contribution in [3.8, 4) is 5.75 Å². The van der Waals surface area contributed by atoms with Crippen LogP contribution in [0.2, 0.25) is 5.02 Å². The van der Waals surface area contributed by atoms with Crippen molar-refractivity contribution in [2.75, 3.05) is 11.9 Å². The summed E-state index contributed by atoms with van der Waals surface area (Å²) in [6.45, 7) is 5.78. The van der Waals surface area contributed by atoms with Gasteiger partial charge in [0.15, 0.2) is 0 Å². The van der Waals surface area contributed by atoms with Crippen LogP contribution in [0, 0.1) is 20.8 Å². The van der Waals surface area contributed by atoms with E-state index in [1.54, 1.807) is 30.3 Å². The monoisotopic (exact) mass is 676 g/mol. The van der Waals surface area contributed by atoms with Crippen LogP contribution in [-0.2, 0) is 16.2 Å². The van der Waals surface area contributed by atoms with Gasteiger partial charge in [-0.2, -0.15) is 0 Å². The second-order valence-corrected chi connectivity index (χ2v) is 12.0. The summed E-state index contributed by atoms with van der Waals surface area (Å²) in [5.74, 6) is -0.345. The van der Waals surface area contributed by atoms with Crippen LogP contribution in [0.15, 0.2) is 62.4 Å². The Bertz CT molecular complexity index is 1430. The largest absolute Gasteiger partial charge is 0.487 e. The quantitative estimate of drug-likeness (QED) is 0.256. The average molecular weight is 679 g/mol. The van der Waals surface area contributed by atoms with E-state index < -0.39 is 17.1 Å². The van der Waals surface area contributed by atoms with Gasteiger partial charge in [-0.25, -0.2) is 0 Å². The summed E-state index contributed by atoms with van der Waals surface area (Å²) in [5.41, 5.74) is 5.26. The molecule has 3 aromatic rings. The summed E-state index contributed by atoms with van der Waals surface area (Å²) < 4.78 is 7.30. The number of imide groups is 1. The number of hydrogen-bond acceptors (Lipinski definition) is 5. The van der Waals surface area contributed by atoms with Crippen LogP contribution in [0.4, 0.5) is 10.5 Å². The lowest BCUT2D eigenvalue weighted by molar-refractivity contribution is -0.127. The lowest BCUT2D eigenvalue weighted by atomic mass is 10.1. The fraction of sp³-hybridized carbons (Fsp3) is 0.179. The van der Waals surface area contributed by atoms with Crippen LogP contribution in [0.3, 0.4) is 0 Å². The van der Waals surface area contributed by atoms with E-state index in [1.165, 1.54) is 0 Å². The molecule has 3 aromatic carbocycles. The Morgan fingerprint density at radius 1 is 1.03 bits per heavy atom. The molecular weight excluding hydrogens is 656 g/mol. The maximum atomic E-state index is 13.0. The van der Waals surface area contributed by atoms with Crippen LogP contribution >= 0.6 is 55.2 Å². The van der Waals surface area contributed by atoms with Gasteiger partial charge >= 0.3 is 0 Å². The van der Waals surface area contributed by atoms with Crippen molar-refractivity contribution in [1.29, 1.82) is 0 Å². The molecule has 4 rings (SSSR count). The highest BCUT2D eigenvalue weighted by atomic mass is 79.9. The highest BCUT2D eigenvalue weighted by Crippen LogP contribution is 2.38. The minimum atomic E-state index is -0.511. The summed E-state index contributed by atoms with van der Waals surface area (Å²) in [7, 11) is 0. The predicted octanol–water partition coefficient (Wildman–Crippen LogP) is 8.04. The van der Waals surface area contributed by atoms with Gasteiger partial charge in [0.2, 0.25) is 5.91 Å². The molecule has 3 amide bonds. The minimum absolute atomic E-state index is 0.235. The maximum absolute atomic E-state index is 13.0. The lowest BCUT2D eigenvalue weighted by Crippen LogP contribution is -2.36. The number of anilines is 1. The Hall–Kier alpha value is -2.59. The van der Waals surface area contributed by atoms with Crippen molar-refractivity contribution in [3.05, 3.63) is 95.2 Å². The van der Waals surface area contributed by atoms with Crippen molar-refractivity contribution >= 4 is 84.0 Å². The van der Waals surface area contributed by atoms with E-state index >= 15 is 0 Å². The highest BCUT2D eigenvalue weighted by Gasteiger charge is 2.36. The van der Waals surface area contributed by atoms with Gasteiger partial charge in [-0.15, -0.1) is 0 Å². The maximum Gasteiger partial charge on any atom is 0.294 e. The van der Waals surface area contributed by atoms with Gasteiger partial charge in [0, 0.05) is 10.7 Å². The zero-order valence-electron chi connectivity index (χ0n) is 20.7. The van der Waals surface area contributed by atoms with Crippen molar-refractivity contribution in [2.24, 2.45) is 0 Å². The number of aryl methyl sites for hydroxylation is 3. The number of benzene rings is 3. The third-order valence-corrected chi connectivity index (χ3v) is 8.07. The molecule has 1 fully saturated rings. The Balaban J connectivity index is 1.45. The summed E-state index contributed by atoms with van der Waals surface area (Å²) in [6, 6.07) is 14.9. The molecule has 38 heavy (non-hydrogen) atoms. The van der Waals surface area contributed by atoms with Crippen LogP contribution in [0.25, 0.3) is 6.08 Å². The van der Waals surface area contributed by atoms with E-state index in [9.17, 15) is 14.4 Å². The Morgan fingerprint density at radius 2 is 1.63 bits per heavy atom. The topological polar surface area (TPSA) is 75.7 Å². The molecule has 0 spiro atoms. The van der Waals surface area contributed by atoms with Gasteiger partial charge in [0.1, 0.15) is 18.9 Å². The molecule has 1 aliphatic heterocycles. The standard InChI is InChI=1S/C28H23Br2ClN2O4S/c1-15-8-16(2)25(17(3)9-15)32-24(34)13-33-27(35)23(38-28(33)36)12-19-10-21(29)26(22(30)11-19)37-14-18-4-6-20(31)7-5-18/h4-12H,13-14H2,1-3H3,(H,32,34)/b23-12+. The van der Waals surface area contributed by atoms with Crippen molar-refractivity contribution in [1.82, 2.24) is 4.90 Å². The van der Waals surface area contributed by atoms with E-state index in [0.717, 1.165) is 38.9 Å². The van der Waals surface area contributed by atoms with Crippen molar-refractivity contribution in [2.45, 2.75) is 27.4 Å². The second-order valence-electron chi connectivity index (χ2n) is 8.82. The molecule has 0 aliphatic carbocycles. The summed E-state index contributed by atoms with van der Waals surface area (Å²) in [4.78, 5) is 39.5. The number of carbonyl (C=O) groups excluding carboxylic acids is 3. The molecule has 10 heteroatoms. The predicted molar refractivity (Wildman–Crippen MR) is 160 cm³/mol. The molecular formula is C28H23Br2ClN2O4S. The molecule has 1 N–H and O–H groups in total. The molecule has 1 aliphatic rings. The molecule has 0 bridgehead atoms. The smallest absolute Gasteiger partial charge is 0.294 e. The fourth-order valence-corrected chi connectivity index (χ4v) is 6.44. The first-order valence-electron chi connectivity index (χ1n) is 11.5. The van der Waals surface area contributed by atoms with Crippen LogP contribution < -0.4 is 10.1 Å². The molecule has 0 aromatic heterocycles. The molecule has 0 radical (unpaired) electrons. The Morgan fingerprint density at radius 3 is 2.24 bits per heavy atom. The number of thioether (sulfide) groups is 1. The summed E-state index contributed by atoms with van der Waals surface area (Å²) in [5, 5.41) is 3.00. The molecule has 0 saturated carbocycles. The lowest BCUT2D eigenvalue weighted by Gasteiger charge is -2.16. The summed E-state index contributed by atoms with van der Waals surface area (Å²) >= 11 is 13.8. The van der Waals surface area contributed by atoms with E-state index in [1.807, 2.05) is 45.0 Å². The minimum Gasteiger partial charge on any atom is -0.487 e. The Labute approximate surface area is 247 Å². The molecule has 196 valence electrons. The molecule has 1 saturated heterocycles. The first-order valence-corrected chi connectivity index (χ1v) is 14.3. The van der Waals surface area contributed by atoms with Gasteiger partial charge < -0.3 is 10.1 Å². The number of ether oxygens (including phenoxy) is 1. The van der Waals surface area contributed by atoms with Gasteiger partial charge in [0.25, 0.3) is 11.1 Å². The zero-order chi connectivity index (χ0) is 27.6. The number of hydrogen-bond donors (Lipinski definition) is 1. The first kappa shape index (κ1) is 28.4.